The van der Waals surface area contributed by atoms with Crippen LogP contribution in [-0.4, -0.2) is 50.5 Å². The van der Waals surface area contributed by atoms with Gasteiger partial charge in [-0.05, 0) is 44.2 Å². The Kier molecular flexibility index (Phi) is 4.71. The molecule has 1 N–H and O–H groups in total. The number of fused-ring (bicyclic) bond motifs is 1. The molecule has 1 fully saturated rings. The molecule has 0 radical (unpaired) electrons. The number of anilines is 1. The molecule has 1 saturated heterocycles. The number of morpholine rings is 1. The highest BCUT2D eigenvalue weighted by atomic mass is 19.1. The maximum Gasteiger partial charge on any atom is 0.226 e. The van der Waals surface area contributed by atoms with E-state index in [-0.39, 0.29) is 11.9 Å². The second-order valence-electron chi connectivity index (χ2n) is 7.48. The first-order chi connectivity index (χ1) is 14.6. The maximum atomic E-state index is 14.4. The second kappa shape index (κ2) is 7.53. The van der Waals surface area contributed by atoms with Gasteiger partial charge in [0.2, 0.25) is 5.95 Å². The van der Waals surface area contributed by atoms with E-state index in [1.807, 2.05) is 36.0 Å². The van der Waals surface area contributed by atoms with E-state index in [1.54, 1.807) is 6.20 Å². The molecule has 0 aliphatic carbocycles. The number of ether oxygens (including phenoxy) is 1. The molecule has 5 rings (SSSR count). The van der Waals surface area contributed by atoms with Gasteiger partial charge in [-0.25, -0.2) is 14.4 Å². The van der Waals surface area contributed by atoms with Crippen molar-refractivity contribution in [2.24, 2.45) is 0 Å². The van der Waals surface area contributed by atoms with Gasteiger partial charge in [0.1, 0.15) is 5.82 Å². The molecular formula is C22H23FN6O. The predicted octanol–water partition coefficient (Wildman–Crippen LogP) is 3.87. The number of H-pyrrole nitrogens is 1. The van der Waals surface area contributed by atoms with E-state index < -0.39 is 0 Å². The van der Waals surface area contributed by atoms with Crippen LogP contribution in [0.4, 0.5) is 10.3 Å². The van der Waals surface area contributed by atoms with Gasteiger partial charge in [0.15, 0.2) is 0 Å². The molecule has 1 aliphatic rings. The standard InChI is InChI=1S/C22H23FN6O/c1-3-29-21(5-7-25-29)20-12-19(17-10-15(23)11-18-16(17)4-6-24-18)26-22(27-20)28-8-9-30-13-14(28)2/h4-7,10-12,14,24H,3,8-9,13H2,1-2H3/t14-/m1/s1. The van der Waals surface area contributed by atoms with Crippen molar-refractivity contribution in [1.82, 2.24) is 24.7 Å². The number of aromatic nitrogens is 5. The van der Waals surface area contributed by atoms with Crippen LogP contribution in [0.1, 0.15) is 13.8 Å². The number of aromatic amines is 1. The summed E-state index contributed by atoms with van der Waals surface area (Å²) in [5.41, 5.74) is 3.83. The van der Waals surface area contributed by atoms with E-state index in [1.165, 1.54) is 12.1 Å². The van der Waals surface area contributed by atoms with Crippen molar-refractivity contribution in [2.75, 3.05) is 24.7 Å². The van der Waals surface area contributed by atoms with E-state index in [4.69, 9.17) is 14.7 Å². The average molecular weight is 406 g/mol. The largest absolute Gasteiger partial charge is 0.377 e. The van der Waals surface area contributed by atoms with E-state index in [0.717, 1.165) is 34.4 Å². The van der Waals surface area contributed by atoms with Gasteiger partial charge in [0, 0.05) is 41.9 Å². The molecule has 4 aromatic rings. The minimum absolute atomic E-state index is 0.151. The first-order valence-corrected chi connectivity index (χ1v) is 10.2. The van der Waals surface area contributed by atoms with Crippen molar-refractivity contribution >= 4 is 16.9 Å². The summed E-state index contributed by atoms with van der Waals surface area (Å²) in [6.45, 7) is 6.82. The lowest BCUT2D eigenvalue weighted by Crippen LogP contribution is -2.44. The molecule has 0 saturated carbocycles. The van der Waals surface area contributed by atoms with E-state index in [2.05, 4.69) is 21.9 Å². The van der Waals surface area contributed by atoms with Crippen LogP contribution in [0.15, 0.2) is 42.7 Å². The highest BCUT2D eigenvalue weighted by Gasteiger charge is 2.24. The lowest BCUT2D eigenvalue weighted by atomic mass is 10.1. The second-order valence-corrected chi connectivity index (χ2v) is 7.48. The van der Waals surface area contributed by atoms with Crippen molar-refractivity contribution < 1.29 is 9.13 Å². The molecule has 30 heavy (non-hydrogen) atoms. The number of nitrogens with one attached hydrogen (secondary N) is 1. The summed E-state index contributed by atoms with van der Waals surface area (Å²) < 4.78 is 21.8. The van der Waals surface area contributed by atoms with Crippen LogP contribution in [0, 0.1) is 5.82 Å². The van der Waals surface area contributed by atoms with Crippen molar-refractivity contribution in [3.05, 3.63) is 48.5 Å². The number of benzene rings is 1. The molecule has 1 aromatic carbocycles. The monoisotopic (exact) mass is 406 g/mol. The normalized spacial score (nSPS) is 17.0. The Morgan fingerprint density at radius 1 is 1.20 bits per heavy atom. The van der Waals surface area contributed by atoms with Gasteiger partial charge >= 0.3 is 0 Å². The topological polar surface area (TPSA) is 71.9 Å². The van der Waals surface area contributed by atoms with Crippen molar-refractivity contribution in [1.29, 1.82) is 0 Å². The van der Waals surface area contributed by atoms with E-state index in [9.17, 15) is 4.39 Å². The van der Waals surface area contributed by atoms with Gasteiger partial charge in [0.05, 0.1) is 36.3 Å². The molecule has 7 nitrogen and oxygen atoms in total. The van der Waals surface area contributed by atoms with Gasteiger partial charge in [-0.1, -0.05) is 0 Å². The summed E-state index contributed by atoms with van der Waals surface area (Å²) in [6.07, 6.45) is 3.58. The summed E-state index contributed by atoms with van der Waals surface area (Å²) in [7, 11) is 0. The predicted molar refractivity (Wildman–Crippen MR) is 114 cm³/mol. The Morgan fingerprint density at radius 3 is 2.90 bits per heavy atom. The van der Waals surface area contributed by atoms with E-state index in [0.29, 0.717) is 31.4 Å². The average Bonchev–Trinajstić information content (AvgIpc) is 3.42. The zero-order valence-corrected chi connectivity index (χ0v) is 17.0. The lowest BCUT2D eigenvalue weighted by Gasteiger charge is -2.33. The highest BCUT2D eigenvalue weighted by molar-refractivity contribution is 5.94. The molecule has 0 unspecified atom stereocenters. The fourth-order valence-corrected chi connectivity index (χ4v) is 4.00. The van der Waals surface area contributed by atoms with Crippen LogP contribution in [0.3, 0.4) is 0 Å². The number of hydrogen-bond donors (Lipinski definition) is 1. The SMILES string of the molecule is CCn1nccc1-c1cc(-c2cc(F)cc3[nH]ccc23)nc(N2CCOC[C@H]2C)n1. The van der Waals surface area contributed by atoms with Gasteiger partial charge in [-0.15, -0.1) is 0 Å². The van der Waals surface area contributed by atoms with Crippen LogP contribution in [0.5, 0.6) is 0 Å². The molecule has 1 aliphatic heterocycles. The first kappa shape index (κ1) is 18.7. The van der Waals surface area contributed by atoms with Crippen molar-refractivity contribution in [3.8, 4) is 22.6 Å². The van der Waals surface area contributed by atoms with Crippen LogP contribution >= 0.6 is 0 Å². The Hall–Kier alpha value is -3.26. The fourth-order valence-electron chi connectivity index (χ4n) is 4.00. The van der Waals surface area contributed by atoms with Gasteiger partial charge in [0.25, 0.3) is 0 Å². The summed E-state index contributed by atoms with van der Waals surface area (Å²) >= 11 is 0. The van der Waals surface area contributed by atoms with Crippen LogP contribution in [0.2, 0.25) is 0 Å². The zero-order chi connectivity index (χ0) is 20.7. The Labute approximate surface area is 173 Å². The van der Waals surface area contributed by atoms with Gasteiger partial charge < -0.3 is 14.6 Å². The maximum absolute atomic E-state index is 14.4. The third-order valence-electron chi connectivity index (χ3n) is 5.53. The Bertz CT molecular complexity index is 1200. The third kappa shape index (κ3) is 3.23. The smallest absolute Gasteiger partial charge is 0.226 e. The van der Waals surface area contributed by atoms with Gasteiger partial charge in [-0.3, -0.25) is 4.68 Å². The number of aryl methyl sites for hydroxylation is 1. The molecule has 0 amide bonds. The van der Waals surface area contributed by atoms with Crippen LogP contribution in [0.25, 0.3) is 33.5 Å². The molecule has 154 valence electrons. The molecular weight excluding hydrogens is 383 g/mol. The first-order valence-electron chi connectivity index (χ1n) is 10.2. The van der Waals surface area contributed by atoms with Crippen molar-refractivity contribution in [3.63, 3.8) is 0 Å². The van der Waals surface area contributed by atoms with Crippen molar-refractivity contribution in [2.45, 2.75) is 26.4 Å². The summed E-state index contributed by atoms with van der Waals surface area (Å²) in [5, 5.41) is 5.31. The molecule has 0 spiro atoms. The summed E-state index contributed by atoms with van der Waals surface area (Å²) in [5.74, 6) is 0.315. The Morgan fingerprint density at radius 2 is 2.07 bits per heavy atom. The molecule has 3 aromatic heterocycles. The Balaban J connectivity index is 1.73. The zero-order valence-electron chi connectivity index (χ0n) is 17.0. The van der Waals surface area contributed by atoms with Gasteiger partial charge in [-0.2, -0.15) is 5.10 Å². The fraction of sp³-hybridized carbons (Fsp3) is 0.318. The summed E-state index contributed by atoms with van der Waals surface area (Å²) in [4.78, 5) is 15.0. The number of rotatable bonds is 4. The molecule has 8 heteroatoms. The third-order valence-corrected chi connectivity index (χ3v) is 5.53. The summed E-state index contributed by atoms with van der Waals surface area (Å²) in [6, 6.07) is 8.99. The number of nitrogens with zero attached hydrogens (tertiary/aromatic N) is 5. The molecule has 0 bridgehead atoms. The van der Waals surface area contributed by atoms with Crippen LogP contribution in [-0.2, 0) is 11.3 Å². The minimum atomic E-state index is -0.306. The molecule has 4 heterocycles. The quantitative estimate of drug-likeness (QED) is 0.557. The van der Waals surface area contributed by atoms with Crippen LogP contribution < -0.4 is 4.90 Å². The number of halogens is 1. The minimum Gasteiger partial charge on any atom is -0.377 e. The number of hydrogen-bond acceptors (Lipinski definition) is 5. The van der Waals surface area contributed by atoms with E-state index >= 15 is 0 Å². The lowest BCUT2D eigenvalue weighted by molar-refractivity contribution is 0.0981. The molecule has 1 atom stereocenters. The highest BCUT2D eigenvalue weighted by Crippen LogP contribution is 2.32.